The quantitative estimate of drug-likeness (QED) is 0.384. The molecule has 0 bridgehead atoms. The molecule has 0 fully saturated rings. The smallest absolute Gasteiger partial charge is 0.0828 e. The van der Waals surface area contributed by atoms with E-state index >= 15 is 0 Å². The second-order valence-corrected chi connectivity index (χ2v) is 4.27. The second kappa shape index (κ2) is 7.46. The average Bonchev–Trinajstić information content (AvgIpc) is 2.15. The van der Waals surface area contributed by atoms with Crippen LogP contribution in [-0.4, -0.2) is 25.0 Å². The molecule has 0 heterocycles. The number of rotatable bonds is 7. The maximum atomic E-state index is 5.85. The Kier molecular flexibility index (Phi) is 7.05. The molecule has 0 aromatic carbocycles. The zero-order valence-corrected chi connectivity index (χ0v) is 10.5. The number of nitrogens with one attached hydrogen (secondary N) is 1. The summed E-state index contributed by atoms with van der Waals surface area (Å²) in [6.07, 6.45) is 2.77. The molecule has 0 spiro atoms. The summed E-state index contributed by atoms with van der Waals surface area (Å²) in [5.41, 5.74) is 6.98. The molecule has 0 amide bonds. The topological polar surface area (TPSA) is 50.4 Å². The molecule has 0 aliphatic carbocycles. The van der Waals surface area contributed by atoms with E-state index < -0.39 is 0 Å². The van der Waals surface area contributed by atoms with E-state index in [1.54, 1.807) is 6.34 Å². The second-order valence-electron chi connectivity index (χ2n) is 4.27. The lowest BCUT2D eigenvalue weighted by molar-refractivity contribution is 0.414. The molecule has 15 heavy (non-hydrogen) atoms. The fraction of sp³-hybridized carbons (Fsp3) is 0.750. The van der Waals surface area contributed by atoms with Crippen LogP contribution in [0.1, 0.15) is 34.1 Å². The molecular weight excluding hydrogens is 186 g/mol. The van der Waals surface area contributed by atoms with Gasteiger partial charge in [0.1, 0.15) is 0 Å². The van der Waals surface area contributed by atoms with Crippen molar-refractivity contribution < 1.29 is 0 Å². The molecule has 0 aliphatic rings. The monoisotopic (exact) mass is 211 g/mol. The maximum absolute atomic E-state index is 5.85. The minimum absolute atomic E-state index is 0.219. The first-order valence-electron chi connectivity index (χ1n) is 5.64. The Bertz CT molecular complexity index is 209. The standard InChI is InChI=1S/C12H25N3/c1-6-14-8-15-12(9(2)3)7-10(4)11(5)13/h8,10-12H,2,6-7,13H2,1,3-5H3,(H,14,15). The largest absolute Gasteiger partial charge is 0.370 e. The average molecular weight is 211 g/mol. The molecule has 0 aromatic rings. The summed E-state index contributed by atoms with van der Waals surface area (Å²) in [5.74, 6) is 0.481. The minimum Gasteiger partial charge on any atom is -0.370 e. The van der Waals surface area contributed by atoms with Crippen molar-refractivity contribution in [1.82, 2.24) is 5.32 Å². The molecular formula is C12H25N3. The van der Waals surface area contributed by atoms with Crippen LogP contribution in [0.4, 0.5) is 0 Å². The lowest BCUT2D eigenvalue weighted by Gasteiger charge is -2.23. The van der Waals surface area contributed by atoms with Crippen molar-refractivity contribution in [3.05, 3.63) is 12.2 Å². The highest BCUT2D eigenvalue weighted by molar-refractivity contribution is 5.55. The van der Waals surface area contributed by atoms with Gasteiger partial charge in [0.2, 0.25) is 0 Å². The van der Waals surface area contributed by atoms with E-state index in [1.807, 2.05) is 20.8 Å². The first-order valence-corrected chi connectivity index (χ1v) is 5.64. The Hall–Kier alpha value is -0.830. The van der Waals surface area contributed by atoms with E-state index in [4.69, 9.17) is 5.73 Å². The van der Waals surface area contributed by atoms with Crippen LogP contribution in [0.2, 0.25) is 0 Å². The molecule has 3 N–H and O–H groups in total. The van der Waals surface area contributed by atoms with Crippen molar-refractivity contribution in [2.45, 2.75) is 46.2 Å². The van der Waals surface area contributed by atoms with Crippen LogP contribution in [0.15, 0.2) is 17.1 Å². The summed E-state index contributed by atoms with van der Waals surface area (Å²) in [7, 11) is 0. The molecule has 0 radical (unpaired) electrons. The molecule has 3 heteroatoms. The molecule has 3 unspecified atom stereocenters. The van der Waals surface area contributed by atoms with Crippen LogP contribution in [-0.2, 0) is 0 Å². The minimum atomic E-state index is 0.219. The van der Waals surface area contributed by atoms with Gasteiger partial charge < -0.3 is 11.1 Å². The van der Waals surface area contributed by atoms with Gasteiger partial charge >= 0.3 is 0 Å². The number of nitrogens with two attached hydrogens (primary N) is 1. The fourth-order valence-corrected chi connectivity index (χ4v) is 1.23. The Morgan fingerprint density at radius 1 is 1.53 bits per heavy atom. The Labute approximate surface area is 93.8 Å². The van der Waals surface area contributed by atoms with E-state index in [0.717, 1.165) is 18.5 Å². The van der Waals surface area contributed by atoms with E-state index in [9.17, 15) is 0 Å². The van der Waals surface area contributed by atoms with Crippen LogP contribution >= 0.6 is 0 Å². The SMILES string of the molecule is C=C(C)C(CC(C)C(C)N)NC=NCC. The van der Waals surface area contributed by atoms with Crippen molar-refractivity contribution >= 4 is 6.34 Å². The fourth-order valence-electron chi connectivity index (χ4n) is 1.23. The highest BCUT2D eigenvalue weighted by atomic mass is 15.0. The normalized spacial score (nSPS) is 17.4. The number of hydrogen-bond donors (Lipinski definition) is 2. The number of aliphatic imine (C=N–C) groups is 1. The first-order chi connectivity index (χ1) is 6.99. The third-order valence-electron chi connectivity index (χ3n) is 2.65. The van der Waals surface area contributed by atoms with Gasteiger partial charge in [-0.05, 0) is 33.1 Å². The number of nitrogens with zero attached hydrogens (tertiary/aromatic N) is 1. The third kappa shape index (κ3) is 6.28. The van der Waals surface area contributed by atoms with Crippen LogP contribution in [0.3, 0.4) is 0 Å². The van der Waals surface area contributed by atoms with Gasteiger partial charge in [-0.3, -0.25) is 4.99 Å². The summed E-state index contributed by atoms with van der Waals surface area (Å²) < 4.78 is 0. The van der Waals surface area contributed by atoms with Crippen molar-refractivity contribution in [3.8, 4) is 0 Å². The maximum Gasteiger partial charge on any atom is 0.0828 e. The summed E-state index contributed by atoms with van der Waals surface area (Å²) in [6, 6.07) is 0.498. The molecule has 0 saturated carbocycles. The molecule has 0 aromatic heterocycles. The lowest BCUT2D eigenvalue weighted by Crippen LogP contribution is -2.35. The Balaban J connectivity index is 4.16. The van der Waals surface area contributed by atoms with E-state index in [2.05, 4.69) is 23.8 Å². The van der Waals surface area contributed by atoms with E-state index in [1.165, 1.54) is 0 Å². The van der Waals surface area contributed by atoms with Crippen molar-refractivity contribution in [1.29, 1.82) is 0 Å². The highest BCUT2D eigenvalue weighted by Crippen LogP contribution is 2.13. The zero-order chi connectivity index (χ0) is 11.8. The van der Waals surface area contributed by atoms with Crippen molar-refractivity contribution in [2.24, 2.45) is 16.6 Å². The Morgan fingerprint density at radius 2 is 2.13 bits per heavy atom. The molecule has 0 saturated heterocycles. The molecule has 88 valence electrons. The molecule has 3 nitrogen and oxygen atoms in total. The highest BCUT2D eigenvalue weighted by Gasteiger charge is 2.15. The molecule has 0 aliphatic heterocycles. The van der Waals surface area contributed by atoms with Gasteiger partial charge in [0.25, 0.3) is 0 Å². The molecule has 0 rings (SSSR count). The van der Waals surface area contributed by atoms with E-state index in [-0.39, 0.29) is 12.1 Å². The van der Waals surface area contributed by atoms with Crippen LogP contribution in [0.5, 0.6) is 0 Å². The van der Waals surface area contributed by atoms with Crippen molar-refractivity contribution in [3.63, 3.8) is 0 Å². The van der Waals surface area contributed by atoms with Crippen LogP contribution in [0.25, 0.3) is 0 Å². The van der Waals surface area contributed by atoms with Gasteiger partial charge in [-0.2, -0.15) is 0 Å². The first kappa shape index (κ1) is 14.2. The van der Waals surface area contributed by atoms with E-state index in [0.29, 0.717) is 5.92 Å². The van der Waals surface area contributed by atoms with Gasteiger partial charge in [0.05, 0.1) is 6.34 Å². The third-order valence-corrected chi connectivity index (χ3v) is 2.65. The van der Waals surface area contributed by atoms with Crippen molar-refractivity contribution in [2.75, 3.05) is 6.54 Å². The summed E-state index contributed by atoms with van der Waals surface area (Å²) >= 11 is 0. The Morgan fingerprint density at radius 3 is 2.53 bits per heavy atom. The summed E-state index contributed by atoms with van der Waals surface area (Å²) in [6.45, 7) is 13.0. The summed E-state index contributed by atoms with van der Waals surface area (Å²) in [5, 5.41) is 3.26. The zero-order valence-electron chi connectivity index (χ0n) is 10.5. The molecule has 3 atom stereocenters. The van der Waals surface area contributed by atoms with Gasteiger partial charge in [-0.1, -0.05) is 19.1 Å². The van der Waals surface area contributed by atoms with Gasteiger partial charge in [0, 0.05) is 18.6 Å². The number of hydrogen-bond acceptors (Lipinski definition) is 2. The van der Waals surface area contributed by atoms with Crippen LogP contribution in [0, 0.1) is 5.92 Å². The predicted molar refractivity (Wildman–Crippen MR) is 68.2 cm³/mol. The van der Waals surface area contributed by atoms with Gasteiger partial charge in [-0.25, -0.2) is 0 Å². The lowest BCUT2D eigenvalue weighted by atomic mass is 9.93. The van der Waals surface area contributed by atoms with Crippen LogP contribution < -0.4 is 11.1 Å². The predicted octanol–water partition coefficient (Wildman–Crippen LogP) is 1.94. The van der Waals surface area contributed by atoms with Gasteiger partial charge in [-0.15, -0.1) is 0 Å². The van der Waals surface area contributed by atoms with Gasteiger partial charge in [0.15, 0.2) is 0 Å². The summed E-state index contributed by atoms with van der Waals surface area (Å²) in [4.78, 5) is 4.14.